The van der Waals surface area contributed by atoms with Crippen molar-refractivity contribution in [2.75, 3.05) is 27.1 Å². The summed E-state index contributed by atoms with van der Waals surface area (Å²) in [6, 6.07) is 10.8. The van der Waals surface area contributed by atoms with Crippen LogP contribution in [-0.4, -0.2) is 42.5 Å². The molecular weight excluding hydrogens is 442 g/mol. The summed E-state index contributed by atoms with van der Waals surface area (Å²) in [6.07, 6.45) is 0.680. The summed E-state index contributed by atoms with van der Waals surface area (Å²) >= 11 is 5.36. The fraction of sp³-hybridized carbons (Fsp3) is 0.375. The standard InChI is InChI=1S/C24H27N3O5S/c1-24(2,16-6-8-19-20(12-16)32-14-31-19)13-25-21(28)15-5-7-17-18(11-15)26-23(33)27(22(17)29)9-4-10-30-3/h5-8,11-12H,4,9-10,13-14H2,1-3H3,(H,25,28)(H,26,33). The largest absolute Gasteiger partial charge is 0.454 e. The normalized spacial score (nSPS) is 12.8. The van der Waals surface area contributed by atoms with Gasteiger partial charge in [0.05, 0.1) is 10.9 Å². The van der Waals surface area contributed by atoms with Crippen molar-refractivity contribution in [1.82, 2.24) is 14.9 Å². The monoisotopic (exact) mass is 469 g/mol. The molecule has 2 heterocycles. The Balaban J connectivity index is 1.50. The van der Waals surface area contributed by atoms with Crippen LogP contribution >= 0.6 is 12.2 Å². The summed E-state index contributed by atoms with van der Waals surface area (Å²) < 4.78 is 17.7. The number of aromatic nitrogens is 2. The number of fused-ring (bicyclic) bond motifs is 2. The SMILES string of the molecule is COCCCn1c(=S)[nH]c2cc(C(=O)NCC(C)(C)c3ccc4c(c3)OCO4)ccc2c1=O. The third-order valence-corrected chi connectivity index (χ3v) is 6.14. The number of H-pyrrole nitrogens is 1. The summed E-state index contributed by atoms with van der Waals surface area (Å²) in [5.41, 5.74) is 1.51. The van der Waals surface area contributed by atoms with E-state index >= 15 is 0 Å². The predicted octanol–water partition coefficient (Wildman–Crippen LogP) is 3.53. The van der Waals surface area contributed by atoms with E-state index in [-0.39, 0.29) is 23.7 Å². The molecule has 174 valence electrons. The molecule has 2 N–H and O–H groups in total. The molecule has 0 spiro atoms. The number of nitrogens with one attached hydrogen (secondary N) is 2. The minimum Gasteiger partial charge on any atom is -0.454 e. The lowest BCUT2D eigenvalue weighted by Crippen LogP contribution is -2.36. The lowest BCUT2D eigenvalue weighted by atomic mass is 9.84. The molecule has 4 rings (SSSR count). The topological polar surface area (TPSA) is 94.6 Å². The van der Waals surface area contributed by atoms with Crippen LogP contribution in [-0.2, 0) is 16.7 Å². The van der Waals surface area contributed by atoms with Crippen molar-refractivity contribution in [1.29, 1.82) is 0 Å². The van der Waals surface area contributed by atoms with Crippen molar-refractivity contribution in [3.63, 3.8) is 0 Å². The molecule has 0 atom stereocenters. The maximum atomic E-state index is 12.9. The van der Waals surface area contributed by atoms with E-state index in [4.69, 9.17) is 26.4 Å². The van der Waals surface area contributed by atoms with Gasteiger partial charge in [0, 0.05) is 37.8 Å². The van der Waals surface area contributed by atoms with Gasteiger partial charge in [-0.3, -0.25) is 14.2 Å². The van der Waals surface area contributed by atoms with Crippen molar-refractivity contribution < 1.29 is 19.0 Å². The number of benzene rings is 2. The lowest BCUT2D eigenvalue weighted by molar-refractivity contribution is 0.0945. The molecule has 1 amide bonds. The summed E-state index contributed by atoms with van der Waals surface area (Å²) in [6.45, 7) is 5.75. The van der Waals surface area contributed by atoms with Gasteiger partial charge in [-0.05, 0) is 54.5 Å². The van der Waals surface area contributed by atoms with E-state index in [1.165, 1.54) is 4.57 Å². The average Bonchev–Trinajstić information content (AvgIpc) is 3.27. The van der Waals surface area contributed by atoms with Gasteiger partial charge >= 0.3 is 0 Å². The number of aromatic amines is 1. The van der Waals surface area contributed by atoms with Gasteiger partial charge in [0.2, 0.25) is 6.79 Å². The van der Waals surface area contributed by atoms with E-state index in [9.17, 15) is 9.59 Å². The molecule has 1 aliphatic heterocycles. The number of carbonyl (C=O) groups is 1. The second-order valence-electron chi connectivity index (χ2n) is 8.63. The fourth-order valence-corrected chi connectivity index (χ4v) is 4.07. The molecule has 0 fully saturated rings. The molecule has 0 bridgehead atoms. The number of ether oxygens (including phenoxy) is 3. The van der Waals surface area contributed by atoms with Crippen LogP contribution in [0.5, 0.6) is 11.5 Å². The van der Waals surface area contributed by atoms with E-state index in [1.807, 2.05) is 18.2 Å². The summed E-state index contributed by atoms with van der Waals surface area (Å²) in [7, 11) is 1.62. The van der Waals surface area contributed by atoms with Crippen LogP contribution in [0, 0.1) is 4.77 Å². The molecule has 0 unspecified atom stereocenters. The van der Waals surface area contributed by atoms with Crippen LogP contribution in [0.2, 0.25) is 0 Å². The highest BCUT2D eigenvalue weighted by atomic mass is 32.1. The minimum atomic E-state index is -0.330. The Kier molecular flexibility index (Phi) is 6.53. The van der Waals surface area contributed by atoms with E-state index in [0.29, 0.717) is 53.1 Å². The number of methoxy groups -OCH3 is 1. The van der Waals surface area contributed by atoms with Gasteiger partial charge in [-0.25, -0.2) is 0 Å². The van der Waals surface area contributed by atoms with Crippen LogP contribution in [0.4, 0.5) is 0 Å². The van der Waals surface area contributed by atoms with Gasteiger partial charge in [-0.15, -0.1) is 0 Å². The van der Waals surface area contributed by atoms with Crippen LogP contribution in [0.15, 0.2) is 41.2 Å². The molecule has 1 aromatic heterocycles. The molecule has 8 nitrogen and oxygen atoms in total. The summed E-state index contributed by atoms with van der Waals surface area (Å²) in [5.74, 6) is 1.21. The zero-order chi connectivity index (χ0) is 23.6. The van der Waals surface area contributed by atoms with Crippen molar-refractivity contribution >= 4 is 29.0 Å². The third-order valence-electron chi connectivity index (χ3n) is 5.82. The molecule has 3 aromatic rings. The first-order chi connectivity index (χ1) is 15.8. The molecule has 9 heteroatoms. The molecule has 0 radical (unpaired) electrons. The highest BCUT2D eigenvalue weighted by molar-refractivity contribution is 7.71. The maximum absolute atomic E-state index is 12.9. The Bertz CT molecular complexity index is 1310. The van der Waals surface area contributed by atoms with Gasteiger partial charge in [0.1, 0.15) is 0 Å². The van der Waals surface area contributed by atoms with Crippen LogP contribution in [0.1, 0.15) is 36.2 Å². The zero-order valence-corrected chi connectivity index (χ0v) is 19.7. The van der Waals surface area contributed by atoms with Crippen LogP contribution in [0.3, 0.4) is 0 Å². The molecule has 1 aliphatic rings. The summed E-state index contributed by atoms with van der Waals surface area (Å²) in [5, 5.41) is 3.48. The highest BCUT2D eigenvalue weighted by Crippen LogP contribution is 2.36. The molecule has 0 saturated carbocycles. The number of rotatable bonds is 8. The van der Waals surface area contributed by atoms with Crippen LogP contribution < -0.4 is 20.3 Å². The van der Waals surface area contributed by atoms with E-state index in [1.54, 1.807) is 25.3 Å². The third kappa shape index (κ3) is 4.79. The number of carbonyl (C=O) groups excluding carboxylic acids is 1. The Morgan fingerprint density at radius 2 is 2.00 bits per heavy atom. The Labute approximate surface area is 196 Å². The van der Waals surface area contributed by atoms with Gasteiger partial charge in [0.15, 0.2) is 16.3 Å². The first-order valence-corrected chi connectivity index (χ1v) is 11.1. The second kappa shape index (κ2) is 9.36. The fourth-order valence-electron chi connectivity index (χ4n) is 3.79. The first kappa shape index (κ1) is 23.0. The summed E-state index contributed by atoms with van der Waals surface area (Å²) in [4.78, 5) is 28.8. The number of amides is 1. The van der Waals surface area contributed by atoms with Gasteiger partial charge in [-0.1, -0.05) is 19.9 Å². The minimum absolute atomic E-state index is 0.180. The Morgan fingerprint density at radius 1 is 1.21 bits per heavy atom. The molecule has 33 heavy (non-hydrogen) atoms. The van der Waals surface area contributed by atoms with E-state index in [0.717, 1.165) is 11.3 Å². The van der Waals surface area contributed by atoms with E-state index in [2.05, 4.69) is 24.1 Å². The molecule has 2 aromatic carbocycles. The second-order valence-corrected chi connectivity index (χ2v) is 9.01. The average molecular weight is 470 g/mol. The smallest absolute Gasteiger partial charge is 0.262 e. The van der Waals surface area contributed by atoms with Crippen molar-refractivity contribution in [3.8, 4) is 11.5 Å². The van der Waals surface area contributed by atoms with Gasteiger partial charge in [-0.2, -0.15) is 0 Å². The maximum Gasteiger partial charge on any atom is 0.262 e. The van der Waals surface area contributed by atoms with Gasteiger partial charge < -0.3 is 24.5 Å². The molecular formula is C24H27N3O5S. The van der Waals surface area contributed by atoms with Crippen molar-refractivity contribution in [3.05, 3.63) is 62.6 Å². The lowest BCUT2D eigenvalue weighted by Gasteiger charge is -2.26. The van der Waals surface area contributed by atoms with Crippen molar-refractivity contribution in [2.24, 2.45) is 0 Å². The first-order valence-electron chi connectivity index (χ1n) is 10.7. The number of hydrogen-bond acceptors (Lipinski definition) is 6. The van der Waals surface area contributed by atoms with Crippen molar-refractivity contribution in [2.45, 2.75) is 32.2 Å². The van der Waals surface area contributed by atoms with Crippen LogP contribution in [0.25, 0.3) is 10.9 Å². The molecule has 0 aliphatic carbocycles. The Hall–Kier alpha value is -3.17. The Morgan fingerprint density at radius 3 is 2.79 bits per heavy atom. The zero-order valence-electron chi connectivity index (χ0n) is 18.9. The number of nitrogens with zero attached hydrogens (tertiary/aromatic N) is 1. The van der Waals surface area contributed by atoms with E-state index < -0.39 is 0 Å². The quantitative estimate of drug-likeness (QED) is 0.387. The van der Waals surface area contributed by atoms with Gasteiger partial charge in [0.25, 0.3) is 11.5 Å². The highest BCUT2D eigenvalue weighted by Gasteiger charge is 2.25. The predicted molar refractivity (Wildman–Crippen MR) is 128 cm³/mol. The molecule has 0 saturated heterocycles. The number of hydrogen-bond donors (Lipinski definition) is 2.